The third kappa shape index (κ3) is 3.46. The van der Waals surface area contributed by atoms with Crippen LogP contribution in [0, 0.1) is 10.1 Å². The highest BCUT2D eigenvalue weighted by Gasteiger charge is 2.20. The molecule has 9 heteroatoms. The summed E-state index contributed by atoms with van der Waals surface area (Å²) in [6, 6.07) is 6.54. The Kier molecular flexibility index (Phi) is 4.21. The minimum absolute atomic E-state index is 0.116. The lowest BCUT2D eigenvalue weighted by molar-refractivity contribution is -0.389. The highest BCUT2D eigenvalue weighted by atomic mass is 35.5. The van der Waals surface area contributed by atoms with Crippen LogP contribution in [0.15, 0.2) is 30.5 Å². The number of nitrogens with zero attached hydrogens (tertiary/aromatic N) is 3. The molecule has 104 valence electrons. The van der Waals surface area contributed by atoms with Crippen molar-refractivity contribution in [1.82, 2.24) is 9.78 Å². The van der Waals surface area contributed by atoms with E-state index in [2.05, 4.69) is 10.4 Å². The van der Waals surface area contributed by atoms with Crippen molar-refractivity contribution in [1.29, 1.82) is 0 Å². The van der Waals surface area contributed by atoms with E-state index in [4.69, 9.17) is 23.2 Å². The fourth-order valence-electron chi connectivity index (χ4n) is 1.47. The monoisotopic (exact) mass is 314 g/mol. The number of anilines is 1. The maximum absolute atomic E-state index is 11.7. The smallest absolute Gasteiger partial charge is 0.358 e. The lowest BCUT2D eigenvalue weighted by atomic mass is 10.3. The van der Waals surface area contributed by atoms with Gasteiger partial charge in [0.05, 0.1) is 11.3 Å². The SMILES string of the molecule is O=C(Cn1cc(Cl)c([N+](=O)[O-])n1)Nc1ccc(Cl)cc1. The van der Waals surface area contributed by atoms with Gasteiger partial charge in [0, 0.05) is 10.7 Å². The van der Waals surface area contributed by atoms with Crippen molar-refractivity contribution in [3.05, 3.63) is 50.6 Å². The van der Waals surface area contributed by atoms with Gasteiger partial charge in [-0.15, -0.1) is 0 Å². The number of rotatable bonds is 4. The van der Waals surface area contributed by atoms with Gasteiger partial charge < -0.3 is 15.4 Å². The molecule has 1 N–H and O–H groups in total. The quantitative estimate of drug-likeness (QED) is 0.694. The molecule has 0 unspecified atom stereocenters. The molecule has 1 heterocycles. The first-order valence-corrected chi connectivity index (χ1v) is 6.14. The van der Waals surface area contributed by atoms with Crippen LogP contribution in [0.2, 0.25) is 10.0 Å². The molecule has 0 saturated heterocycles. The van der Waals surface area contributed by atoms with Crippen molar-refractivity contribution < 1.29 is 9.72 Å². The Balaban J connectivity index is 2.03. The summed E-state index contributed by atoms with van der Waals surface area (Å²) in [5.41, 5.74) is 0.562. The third-order valence-electron chi connectivity index (χ3n) is 2.31. The van der Waals surface area contributed by atoms with Crippen molar-refractivity contribution in [3.8, 4) is 0 Å². The molecular formula is C11H8Cl2N4O3. The Morgan fingerprint density at radius 3 is 2.55 bits per heavy atom. The van der Waals surface area contributed by atoms with Crippen LogP contribution in [0.5, 0.6) is 0 Å². The van der Waals surface area contributed by atoms with Crippen LogP contribution >= 0.6 is 23.2 Å². The van der Waals surface area contributed by atoms with E-state index in [0.29, 0.717) is 10.7 Å². The molecule has 1 aromatic carbocycles. The number of nitro groups is 1. The molecule has 1 amide bonds. The lowest BCUT2D eigenvalue weighted by Crippen LogP contribution is -2.19. The van der Waals surface area contributed by atoms with E-state index in [1.165, 1.54) is 6.20 Å². The summed E-state index contributed by atoms with van der Waals surface area (Å²) in [7, 11) is 0. The molecule has 0 spiro atoms. The minimum atomic E-state index is -0.712. The van der Waals surface area contributed by atoms with Crippen molar-refractivity contribution in [3.63, 3.8) is 0 Å². The Bertz CT molecular complexity index is 654. The Hall–Kier alpha value is -2.12. The number of carbonyl (C=O) groups is 1. The summed E-state index contributed by atoms with van der Waals surface area (Å²) >= 11 is 11.4. The van der Waals surface area contributed by atoms with E-state index in [1.54, 1.807) is 24.3 Å². The molecule has 0 aliphatic heterocycles. The molecule has 20 heavy (non-hydrogen) atoms. The number of halogens is 2. The van der Waals surface area contributed by atoms with E-state index >= 15 is 0 Å². The Morgan fingerprint density at radius 1 is 1.35 bits per heavy atom. The molecule has 0 radical (unpaired) electrons. The lowest BCUT2D eigenvalue weighted by Gasteiger charge is -2.03. The number of amides is 1. The number of hydrogen-bond donors (Lipinski definition) is 1. The second-order valence-corrected chi connectivity index (χ2v) is 4.65. The van der Waals surface area contributed by atoms with Gasteiger partial charge in [-0.05, 0) is 29.2 Å². The van der Waals surface area contributed by atoms with Gasteiger partial charge in [0.1, 0.15) is 6.54 Å². The number of benzene rings is 1. The average molecular weight is 315 g/mol. The summed E-state index contributed by atoms with van der Waals surface area (Å²) in [4.78, 5) is 21.6. The van der Waals surface area contributed by atoms with Crippen LogP contribution in [0.4, 0.5) is 11.5 Å². The molecule has 2 aromatic rings. The average Bonchev–Trinajstić information content (AvgIpc) is 2.73. The third-order valence-corrected chi connectivity index (χ3v) is 2.82. The summed E-state index contributed by atoms with van der Waals surface area (Å²) in [6.07, 6.45) is 1.22. The zero-order chi connectivity index (χ0) is 14.7. The number of aromatic nitrogens is 2. The van der Waals surface area contributed by atoms with Crippen LogP contribution in [-0.4, -0.2) is 20.6 Å². The first-order valence-electron chi connectivity index (χ1n) is 5.38. The van der Waals surface area contributed by atoms with E-state index in [0.717, 1.165) is 4.68 Å². The highest BCUT2D eigenvalue weighted by Crippen LogP contribution is 2.21. The second-order valence-electron chi connectivity index (χ2n) is 3.81. The zero-order valence-electron chi connectivity index (χ0n) is 9.92. The van der Waals surface area contributed by atoms with Gasteiger partial charge in [0.2, 0.25) is 5.91 Å². The molecule has 1 aromatic heterocycles. The van der Waals surface area contributed by atoms with Gasteiger partial charge in [0.25, 0.3) is 0 Å². The molecule has 0 saturated carbocycles. The van der Waals surface area contributed by atoms with Gasteiger partial charge in [-0.1, -0.05) is 23.2 Å². The summed E-state index contributed by atoms with van der Waals surface area (Å²) in [5, 5.41) is 17.2. The zero-order valence-corrected chi connectivity index (χ0v) is 11.4. The van der Waals surface area contributed by atoms with E-state index in [9.17, 15) is 14.9 Å². The van der Waals surface area contributed by atoms with Gasteiger partial charge in [-0.3, -0.25) is 4.79 Å². The van der Waals surface area contributed by atoms with Crippen LogP contribution < -0.4 is 5.32 Å². The standard InChI is InChI=1S/C11H8Cl2N4O3/c12-7-1-3-8(4-2-7)14-10(18)6-16-5-9(13)11(15-16)17(19)20/h1-5H,6H2,(H,14,18). The van der Waals surface area contributed by atoms with Crippen molar-refractivity contribution in [2.24, 2.45) is 0 Å². The number of hydrogen-bond acceptors (Lipinski definition) is 4. The van der Waals surface area contributed by atoms with Crippen molar-refractivity contribution >= 4 is 40.6 Å². The van der Waals surface area contributed by atoms with Crippen molar-refractivity contribution in [2.45, 2.75) is 6.54 Å². The molecule has 2 rings (SSSR count). The van der Waals surface area contributed by atoms with Crippen LogP contribution in [0.1, 0.15) is 0 Å². The minimum Gasteiger partial charge on any atom is -0.358 e. The van der Waals surface area contributed by atoms with Gasteiger partial charge in [-0.2, -0.15) is 4.68 Å². The van der Waals surface area contributed by atoms with E-state index in [-0.39, 0.29) is 17.5 Å². The van der Waals surface area contributed by atoms with Crippen LogP contribution in [0.25, 0.3) is 0 Å². The van der Waals surface area contributed by atoms with Crippen LogP contribution in [-0.2, 0) is 11.3 Å². The molecule has 0 aliphatic rings. The Labute approximate surface area is 123 Å². The highest BCUT2D eigenvalue weighted by molar-refractivity contribution is 6.32. The van der Waals surface area contributed by atoms with E-state index < -0.39 is 10.7 Å². The first kappa shape index (κ1) is 14.3. The van der Waals surface area contributed by atoms with E-state index in [1.807, 2.05) is 0 Å². The molecule has 0 bridgehead atoms. The van der Waals surface area contributed by atoms with Crippen molar-refractivity contribution in [2.75, 3.05) is 5.32 Å². The molecular weight excluding hydrogens is 307 g/mol. The largest absolute Gasteiger partial charge is 0.408 e. The number of nitrogens with one attached hydrogen (secondary N) is 1. The maximum atomic E-state index is 11.7. The predicted octanol–water partition coefficient (Wildman–Crippen LogP) is 2.74. The predicted molar refractivity (Wildman–Crippen MR) is 74.0 cm³/mol. The van der Waals surface area contributed by atoms with Gasteiger partial charge in [-0.25, -0.2) is 0 Å². The topological polar surface area (TPSA) is 90.1 Å². The molecule has 7 nitrogen and oxygen atoms in total. The summed E-state index contributed by atoms with van der Waals surface area (Å²) in [6.45, 7) is -0.184. The van der Waals surface area contributed by atoms with Crippen LogP contribution in [0.3, 0.4) is 0 Å². The molecule has 0 fully saturated rings. The molecule has 0 atom stereocenters. The Morgan fingerprint density at radius 2 is 2.00 bits per heavy atom. The fourth-order valence-corrected chi connectivity index (χ4v) is 1.82. The summed E-state index contributed by atoms with van der Waals surface area (Å²) < 4.78 is 1.10. The van der Waals surface area contributed by atoms with Gasteiger partial charge in [0.15, 0.2) is 5.02 Å². The number of carbonyl (C=O) groups excluding carboxylic acids is 1. The van der Waals surface area contributed by atoms with Gasteiger partial charge >= 0.3 is 5.82 Å². The molecule has 0 aliphatic carbocycles. The fraction of sp³-hybridized carbons (Fsp3) is 0.0909. The first-order chi connectivity index (χ1) is 9.45. The summed E-state index contributed by atoms with van der Waals surface area (Å²) in [5.74, 6) is -0.868. The second kappa shape index (κ2) is 5.89. The maximum Gasteiger partial charge on any atom is 0.408 e. The normalized spacial score (nSPS) is 10.3.